The minimum Gasteiger partial charge on any atom is -0.478 e. The van der Waals surface area contributed by atoms with Gasteiger partial charge in [0.05, 0.1) is 11.1 Å². The summed E-state index contributed by atoms with van der Waals surface area (Å²) in [6.45, 7) is 0. The fraction of sp³-hybridized carbons (Fsp3) is 0. The summed E-state index contributed by atoms with van der Waals surface area (Å²) < 4.78 is 0. The lowest BCUT2D eigenvalue weighted by Gasteiger charge is -2.07. The summed E-state index contributed by atoms with van der Waals surface area (Å²) >= 11 is 0. The fourth-order valence-electron chi connectivity index (χ4n) is 2.51. The topological polar surface area (TPSA) is 74.6 Å². The van der Waals surface area contributed by atoms with E-state index in [1.807, 2.05) is 30.3 Å². The molecule has 0 saturated carbocycles. The zero-order chi connectivity index (χ0) is 17.1. The van der Waals surface area contributed by atoms with Gasteiger partial charge in [0.1, 0.15) is 0 Å². The van der Waals surface area contributed by atoms with Crippen molar-refractivity contribution in [3.05, 3.63) is 82.9 Å². The number of hydrogen-bond donors (Lipinski definition) is 2. The van der Waals surface area contributed by atoms with Crippen LogP contribution < -0.4 is 0 Å². The third kappa shape index (κ3) is 2.83. The zero-order valence-electron chi connectivity index (χ0n) is 12.5. The highest BCUT2D eigenvalue weighted by Gasteiger charge is 2.15. The second-order valence-corrected chi connectivity index (χ2v) is 5.12. The molecule has 0 aliphatic heterocycles. The van der Waals surface area contributed by atoms with Crippen LogP contribution in [0.3, 0.4) is 0 Å². The van der Waals surface area contributed by atoms with Crippen LogP contribution in [0.15, 0.2) is 60.7 Å². The molecule has 0 aliphatic rings. The highest BCUT2D eigenvalue weighted by atomic mass is 16.4. The Kier molecular flexibility index (Phi) is 4.00. The largest absolute Gasteiger partial charge is 0.478 e. The Morgan fingerprint density at radius 1 is 0.667 bits per heavy atom. The van der Waals surface area contributed by atoms with E-state index in [0.717, 1.165) is 5.56 Å². The van der Waals surface area contributed by atoms with E-state index in [2.05, 4.69) is 11.8 Å². The molecule has 4 heteroatoms. The predicted octanol–water partition coefficient (Wildman–Crippen LogP) is 3.64. The van der Waals surface area contributed by atoms with Crippen molar-refractivity contribution in [3.8, 4) is 11.8 Å². The molecule has 0 heterocycles. The van der Waals surface area contributed by atoms with Gasteiger partial charge in [0.2, 0.25) is 0 Å². The minimum atomic E-state index is -1.10. The minimum absolute atomic E-state index is 0.0495. The molecule has 3 aromatic rings. The molecule has 0 atom stereocenters. The van der Waals surface area contributed by atoms with Gasteiger partial charge >= 0.3 is 11.9 Å². The summed E-state index contributed by atoms with van der Waals surface area (Å²) in [5, 5.41) is 19.7. The maximum Gasteiger partial charge on any atom is 0.336 e. The average molecular weight is 316 g/mol. The van der Waals surface area contributed by atoms with Crippen molar-refractivity contribution in [2.75, 3.05) is 0 Å². The van der Waals surface area contributed by atoms with Crippen LogP contribution in [-0.4, -0.2) is 22.2 Å². The number of carbonyl (C=O) groups is 2. The molecule has 4 nitrogen and oxygen atoms in total. The van der Waals surface area contributed by atoms with Crippen molar-refractivity contribution in [2.45, 2.75) is 0 Å². The second-order valence-electron chi connectivity index (χ2n) is 5.12. The van der Waals surface area contributed by atoms with Crippen LogP contribution in [0.25, 0.3) is 10.8 Å². The van der Waals surface area contributed by atoms with Crippen LogP contribution in [0, 0.1) is 11.8 Å². The van der Waals surface area contributed by atoms with E-state index >= 15 is 0 Å². The van der Waals surface area contributed by atoms with E-state index in [1.165, 1.54) is 18.2 Å². The lowest BCUT2D eigenvalue weighted by Crippen LogP contribution is -2.03. The van der Waals surface area contributed by atoms with Gasteiger partial charge in [-0.15, -0.1) is 0 Å². The van der Waals surface area contributed by atoms with Gasteiger partial charge in [-0.1, -0.05) is 48.2 Å². The van der Waals surface area contributed by atoms with Crippen LogP contribution in [0.5, 0.6) is 0 Å². The average Bonchev–Trinajstić information content (AvgIpc) is 2.59. The maximum atomic E-state index is 11.5. The van der Waals surface area contributed by atoms with Crippen molar-refractivity contribution in [1.29, 1.82) is 0 Å². The summed E-state index contributed by atoms with van der Waals surface area (Å²) in [5.74, 6) is 3.67. The first-order valence-electron chi connectivity index (χ1n) is 7.17. The molecule has 0 amide bonds. The van der Waals surface area contributed by atoms with Gasteiger partial charge in [-0.3, -0.25) is 0 Å². The lowest BCUT2D eigenvalue weighted by molar-refractivity contribution is 0.0688. The Balaban J connectivity index is 2.29. The highest BCUT2D eigenvalue weighted by molar-refractivity contribution is 6.08. The first-order chi connectivity index (χ1) is 11.6. The number of carboxylic acid groups (broad SMARTS) is 2. The molecule has 0 fully saturated rings. The van der Waals surface area contributed by atoms with Crippen LogP contribution >= 0.6 is 0 Å². The van der Waals surface area contributed by atoms with Crippen molar-refractivity contribution in [2.24, 2.45) is 0 Å². The van der Waals surface area contributed by atoms with E-state index in [9.17, 15) is 19.8 Å². The summed E-state index contributed by atoms with van der Waals surface area (Å²) in [4.78, 5) is 22.9. The molecule has 24 heavy (non-hydrogen) atoms. The number of hydrogen-bond acceptors (Lipinski definition) is 2. The third-order valence-corrected chi connectivity index (χ3v) is 3.63. The van der Waals surface area contributed by atoms with Crippen LogP contribution in [0.2, 0.25) is 0 Å². The van der Waals surface area contributed by atoms with Gasteiger partial charge in [0, 0.05) is 11.1 Å². The molecule has 0 spiro atoms. The van der Waals surface area contributed by atoms with Crippen LogP contribution in [-0.2, 0) is 0 Å². The Bertz CT molecular complexity index is 1010. The van der Waals surface area contributed by atoms with Gasteiger partial charge in [-0.05, 0) is 35.0 Å². The Morgan fingerprint density at radius 3 is 2.04 bits per heavy atom. The highest BCUT2D eigenvalue weighted by Crippen LogP contribution is 2.25. The molecular formula is C20H12O4. The number of rotatable bonds is 2. The smallest absolute Gasteiger partial charge is 0.336 e. The Hall–Kier alpha value is -3.58. The molecule has 3 aromatic carbocycles. The molecule has 0 aromatic heterocycles. The van der Waals surface area contributed by atoms with E-state index in [0.29, 0.717) is 16.3 Å². The Labute approximate surface area is 138 Å². The van der Waals surface area contributed by atoms with Gasteiger partial charge in [0.15, 0.2) is 0 Å². The molecule has 0 unspecified atom stereocenters. The van der Waals surface area contributed by atoms with E-state index in [1.54, 1.807) is 12.1 Å². The zero-order valence-corrected chi connectivity index (χ0v) is 12.5. The summed E-state index contributed by atoms with van der Waals surface area (Å²) in [6, 6.07) is 16.9. The Morgan fingerprint density at radius 2 is 1.38 bits per heavy atom. The van der Waals surface area contributed by atoms with Gasteiger partial charge < -0.3 is 10.2 Å². The van der Waals surface area contributed by atoms with Crippen molar-refractivity contribution in [1.82, 2.24) is 0 Å². The summed E-state index contributed by atoms with van der Waals surface area (Å²) in [5.41, 5.74) is 1.23. The monoisotopic (exact) mass is 316 g/mol. The van der Waals surface area contributed by atoms with Crippen molar-refractivity contribution < 1.29 is 19.8 Å². The lowest BCUT2D eigenvalue weighted by atomic mass is 9.96. The second kappa shape index (κ2) is 6.27. The number of carboxylic acids is 2. The molecule has 0 bridgehead atoms. The first-order valence-corrected chi connectivity index (χ1v) is 7.17. The normalized spacial score (nSPS) is 10.0. The van der Waals surface area contributed by atoms with E-state index in [-0.39, 0.29) is 11.1 Å². The summed E-state index contributed by atoms with van der Waals surface area (Å²) in [6.07, 6.45) is 0. The maximum absolute atomic E-state index is 11.5. The van der Waals surface area contributed by atoms with E-state index in [4.69, 9.17) is 0 Å². The standard InChI is InChI=1S/C20H12O4/c21-19(22)17-8-4-7-14-15(10-9-13-5-2-1-3-6-13)18(20(23)24)12-11-16(14)17/h1-8,11-12H,(H,21,22)(H,23,24). The van der Waals surface area contributed by atoms with E-state index < -0.39 is 11.9 Å². The molecule has 116 valence electrons. The molecule has 0 aliphatic carbocycles. The fourth-order valence-corrected chi connectivity index (χ4v) is 2.51. The van der Waals surface area contributed by atoms with Crippen molar-refractivity contribution in [3.63, 3.8) is 0 Å². The van der Waals surface area contributed by atoms with Crippen molar-refractivity contribution >= 4 is 22.7 Å². The van der Waals surface area contributed by atoms with Gasteiger partial charge in [-0.2, -0.15) is 0 Å². The number of benzene rings is 3. The number of aromatic carboxylic acids is 2. The van der Waals surface area contributed by atoms with Crippen LogP contribution in [0.4, 0.5) is 0 Å². The summed E-state index contributed by atoms with van der Waals surface area (Å²) in [7, 11) is 0. The molecular weight excluding hydrogens is 304 g/mol. The first kappa shape index (κ1) is 15.3. The van der Waals surface area contributed by atoms with Gasteiger partial charge in [-0.25, -0.2) is 9.59 Å². The molecule has 2 N–H and O–H groups in total. The predicted molar refractivity (Wildman–Crippen MR) is 90.3 cm³/mol. The quantitative estimate of drug-likeness (QED) is 0.708. The number of fused-ring (bicyclic) bond motifs is 1. The van der Waals surface area contributed by atoms with Crippen LogP contribution in [0.1, 0.15) is 31.8 Å². The molecule has 0 radical (unpaired) electrons. The molecule has 0 saturated heterocycles. The SMILES string of the molecule is O=C(O)c1ccc2c(C(=O)O)cccc2c1C#Cc1ccccc1. The van der Waals surface area contributed by atoms with Gasteiger partial charge in [0.25, 0.3) is 0 Å². The third-order valence-electron chi connectivity index (χ3n) is 3.63. The molecule has 3 rings (SSSR count).